The van der Waals surface area contributed by atoms with Crippen LogP contribution in [0.1, 0.15) is 25.1 Å². The standard InChI is InChI=1S/C16H21ClN4O/c17-12-3-4-14-13(8-12)16(22)20-15(19-14)10-21-7-1-2-11(9-21)5-6-18/h3-4,8,11H,1-2,5-7,9-10,18H2,(H,19,20,22). The Morgan fingerprint density at radius 3 is 3.14 bits per heavy atom. The van der Waals surface area contributed by atoms with E-state index in [1.165, 1.54) is 12.8 Å². The second-order valence-electron chi connectivity index (χ2n) is 5.99. The maximum absolute atomic E-state index is 12.2. The minimum absolute atomic E-state index is 0.127. The monoisotopic (exact) mass is 320 g/mol. The van der Waals surface area contributed by atoms with Crippen molar-refractivity contribution in [1.29, 1.82) is 0 Å². The Morgan fingerprint density at radius 2 is 2.32 bits per heavy atom. The van der Waals surface area contributed by atoms with E-state index in [0.717, 1.165) is 26.1 Å². The molecule has 1 fully saturated rings. The van der Waals surface area contributed by atoms with Crippen molar-refractivity contribution in [2.75, 3.05) is 19.6 Å². The number of fused-ring (bicyclic) bond motifs is 1. The molecule has 0 radical (unpaired) electrons. The lowest BCUT2D eigenvalue weighted by Crippen LogP contribution is -2.36. The fourth-order valence-electron chi connectivity index (χ4n) is 3.21. The van der Waals surface area contributed by atoms with Gasteiger partial charge in [0.1, 0.15) is 5.82 Å². The number of benzene rings is 1. The van der Waals surface area contributed by atoms with Gasteiger partial charge in [-0.1, -0.05) is 11.6 Å². The molecule has 1 atom stereocenters. The van der Waals surface area contributed by atoms with Gasteiger partial charge in [-0.2, -0.15) is 0 Å². The van der Waals surface area contributed by atoms with Crippen molar-refractivity contribution in [1.82, 2.24) is 14.9 Å². The molecule has 3 N–H and O–H groups in total. The molecule has 1 unspecified atom stereocenters. The third kappa shape index (κ3) is 3.48. The highest BCUT2D eigenvalue weighted by Gasteiger charge is 2.20. The summed E-state index contributed by atoms with van der Waals surface area (Å²) in [5, 5.41) is 1.09. The first kappa shape index (κ1) is 15.5. The molecular weight excluding hydrogens is 300 g/mol. The molecule has 1 aliphatic heterocycles. The highest BCUT2D eigenvalue weighted by molar-refractivity contribution is 6.31. The van der Waals surface area contributed by atoms with E-state index in [0.29, 0.717) is 34.2 Å². The Morgan fingerprint density at radius 1 is 1.45 bits per heavy atom. The summed E-state index contributed by atoms with van der Waals surface area (Å²) in [6.45, 7) is 3.49. The molecule has 6 heteroatoms. The highest BCUT2D eigenvalue weighted by Crippen LogP contribution is 2.20. The van der Waals surface area contributed by atoms with Gasteiger partial charge in [-0.25, -0.2) is 4.98 Å². The van der Waals surface area contributed by atoms with E-state index in [2.05, 4.69) is 14.9 Å². The van der Waals surface area contributed by atoms with Gasteiger partial charge in [0.15, 0.2) is 0 Å². The van der Waals surface area contributed by atoms with E-state index in [4.69, 9.17) is 17.3 Å². The number of nitrogens with zero attached hydrogens (tertiary/aromatic N) is 2. The van der Waals surface area contributed by atoms with Crippen molar-refractivity contribution < 1.29 is 0 Å². The van der Waals surface area contributed by atoms with E-state index >= 15 is 0 Å². The molecule has 0 spiro atoms. The molecule has 1 saturated heterocycles. The summed E-state index contributed by atoms with van der Waals surface area (Å²) in [5.41, 5.74) is 6.23. The average Bonchev–Trinajstić information content (AvgIpc) is 2.49. The van der Waals surface area contributed by atoms with Gasteiger partial charge in [0.25, 0.3) is 5.56 Å². The summed E-state index contributed by atoms with van der Waals surface area (Å²) in [6, 6.07) is 5.22. The SMILES string of the molecule is NCCC1CCCN(Cc2nc3ccc(Cl)cc3c(=O)[nH]2)C1. The van der Waals surface area contributed by atoms with Crippen LogP contribution in [0.4, 0.5) is 0 Å². The Kier molecular flexibility index (Phi) is 4.76. The number of nitrogens with two attached hydrogens (primary N) is 1. The van der Waals surface area contributed by atoms with Crippen molar-refractivity contribution >= 4 is 22.5 Å². The number of aromatic nitrogens is 2. The minimum Gasteiger partial charge on any atom is -0.330 e. The van der Waals surface area contributed by atoms with Crippen molar-refractivity contribution in [2.24, 2.45) is 11.7 Å². The van der Waals surface area contributed by atoms with Crippen LogP contribution in [-0.2, 0) is 6.54 Å². The van der Waals surface area contributed by atoms with Crippen LogP contribution in [0.25, 0.3) is 10.9 Å². The number of nitrogens with one attached hydrogen (secondary N) is 1. The first-order valence-electron chi connectivity index (χ1n) is 7.76. The first-order chi connectivity index (χ1) is 10.7. The molecule has 2 aromatic rings. The zero-order chi connectivity index (χ0) is 15.5. The van der Waals surface area contributed by atoms with Crippen LogP contribution in [0.2, 0.25) is 5.02 Å². The number of hydrogen-bond donors (Lipinski definition) is 2. The third-order valence-corrected chi connectivity index (χ3v) is 4.50. The summed E-state index contributed by atoms with van der Waals surface area (Å²) >= 11 is 5.93. The Bertz CT molecular complexity index is 713. The number of aromatic amines is 1. The quantitative estimate of drug-likeness (QED) is 0.905. The van der Waals surface area contributed by atoms with Crippen LogP contribution in [0, 0.1) is 5.92 Å². The van der Waals surface area contributed by atoms with E-state index in [-0.39, 0.29) is 5.56 Å². The summed E-state index contributed by atoms with van der Waals surface area (Å²) in [4.78, 5) is 22.0. The zero-order valence-corrected chi connectivity index (χ0v) is 13.3. The van der Waals surface area contributed by atoms with Gasteiger partial charge < -0.3 is 10.7 Å². The van der Waals surface area contributed by atoms with Gasteiger partial charge in [0.2, 0.25) is 0 Å². The van der Waals surface area contributed by atoms with E-state index < -0.39 is 0 Å². The molecule has 0 saturated carbocycles. The van der Waals surface area contributed by atoms with Gasteiger partial charge in [0.05, 0.1) is 17.4 Å². The number of likely N-dealkylation sites (tertiary alicyclic amines) is 1. The third-order valence-electron chi connectivity index (χ3n) is 4.27. The zero-order valence-electron chi connectivity index (χ0n) is 12.5. The van der Waals surface area contributed by atoms with Crippen LogP contribution in [0.15, 0.2) is 23.0 Å². The summed E-state index contributed by atoms with van der Waals surface area (Å²) in [6.07, 6.45) is 3.49. The van der Waals surface area contributed by atoms with Crippen LogP contribution in [-0.4, -0.2) is 34.5 Å². The van der Waals surface area contributed by atoms with Crippen LogP contribution in [0.3, 0.4) is 0 Å². The molecule has 118 valence electrons. The molecular formula is C16H21ClN4O. The van der Waals surface area contributed by atoms with Gasteiger partial charge in [-0.3, -0.25) is 9.69 Å². The van der Waals surface area contributed by atoms with Gasteiger partial charge in [0, 0.05) is 11.6 Å². The number of hydrogen-bond acceptors (Lipinski definition) is 4. The summed E-state index contributed by atoms with van der Waals surface area (Å²) in [7, 11) is 0. The molecule has 0 amide bonds. The molecule has 2 heterocycles. The number of rotatable bonds is 4. The second kappa shape index (κ2) is 6.77. The molecule has 1 aromatic heterocycles. The smallest absolute Gasteiger partial charge is 0.258 e. The first-order valence-corrected chi connectivity index (χ1v) is 8.14. The predicted molar refractivity (Wildman–Crippen MR) is 89.0 cm³/mol. The van der Waals surface area contributed by atoms with Crippen molar-refractivity contribution in [3.63, 3.8) is 0 Å². The Balaban J connectivity index is 1.79. The molecule has 0 bridgehead atoms. The van der Waals surface area contributed by atoms with E-state index in [9.17, 15) is 4.79 Å². The highest BCUT2D eigenvalue weighted by atomic mass is 35.5. The van der Waals surface area contributed by atoms with E-state index in [1.54, 1.807) is 18.2 Å². The number of halogens is 1. The largest absolute Gasteiger partial charge is 0.330 e. The second-order valence-corrected chi connectivity index (χ2v) is 6.43. The Labute approximate surface area is 134 Å². The fraction of sp³-hybridized carbons (Fsp3) is 0.500. The van der Waals surface area contributed by atoms with Crippen LogP contribution < -0.4 is 11.3 Å². The van der Waals surface area contributed by atoms with Crippen molar-refractivity contribution in [3.05, 3.63) is 39.4 Å². The maximum Gasteiger partial charge on any atom is 0.258 e. The molecule has 3 rings (SSSR count). The van der Waals surface area contributed by atoms with Crippen LogP contribution >= 0.6 is 11.6 Å². The Hall–Kier alpha value is -1.43. The van der Waals surface area contributed by atoms with E-state index in [1.807, 2.05) is 0 Å². The van der Waals surface area contributed by atoms with Crippen molar-refractivity contribution in [2.45, 2.75) is 25.8 Å². The van der Waals surface area contributed by atoms with Gasteiger partial charge >= 0.3 is 0 Å². The molecule has 1 aliphatic rings. The fourth-order valence-corrected chi connectivity index (χ4v) is 3.38. The lowest BCUT2D eigenvalue weighted by atomic mass is 9.95. The average molecular weight is 321 g/mol. The van der Waals surface area contributed by atoms with Gasteiger partial charge in [-0.15, -0.1) is 0 Å². The molecule has 0 aliphatic carbocycles. The summed E-state index contributed by atoms with van der Waals surface area (Å²) < 4.78 is 0. The normalized spacial score (nSPS) is 19.6. The predicted octanol–water partition coefficient (Wildman–Crippen LogP) is 2.14. The summed E-state index contributed by atoms with van der Waals surface area (Å²) in [5.74, 6) is 1.37. The van der Waals surface area contributed by atoms with Crippen molar-refractivity contribution in [3.8, 4) is 0 Å². The van der Waals surface area contributed by atoms with Crippen LogP contribution in [0.5, 0.6) is 0 Å². The topological polar surface area (TPSA) is 75.0 Å². The molecule has 5 nitrogen and oxygen atoms in total. The molecule has 22 heavy (non-hydrogen) atoms. The number of H-pyrrole nitrogens is 1. The lowest BCUT2D eigenvalue weighted by Gasteiger charge is -2.32. The van der Waals surface area contributed by atoms with Gasteiger partial charge in [-0.05, 0) is 56.5 Å². The number of piperidine rings is 1. The maximum atomic E-state index is 12.2. The minimum atomic E-state index is -0.127. The lowest BCUT2D eigenvalue weighted by molar-refractivity contribution is 0.160. The molecule has 1 aromatic carbocycles.